The summed E-state index contributed by atoms with van der Waals surface area (Å²) in [6.45, 7) is 4.25. The first-order valence-corrected chi connectivity index (χ1v) is 11.7. The summed E-state index contributed by atoms with van der Waals surface area (Å²) < 4.78 is 5.52. The molecule has 7 nitrogen and oxygen atoms in total. The number of benzene rings is 1. The van der Waals surface area contributed by atoms with Crippen molar-refractivity contribution in [2.75, 3.05) is 20.3 Å². The number of para-hydroxylation sites is 1. The first-order valence-electron chi connectivity index (χ1n) is 11.7. The lowest BCUT2D eigenvalue weighted by molar-refractivity contribution is 0.0942. The van der Waals surface area contributed by atoms with E-state index in [0.717, 1.165) is 53.8 Å². The van der Waals surface area contributed by atoms with Crippen LogP contribution in [-0.4, -0.2) is 52.7 Å². The number of fused-ring (bicyclic) bond motifs is 2. The van der Waals surface area contributed by atoms with Gasteiger partial charge in [-0.2, -0.15) is 0 Å². The standard InChI is InChI=1S/C26H31N5O2/c1-18-13-20(15-27-14-18)25(32)28-17-29-26-10-4-7-23(26)31(12-11-26)16-21-9-8-19-5-3-6-22(33-2)24(19)30-21/h3,5-6,8-9,13-15,23,29H,4,7,10-12,16-17H2,1-2H3,(H,28,32). The molecule has 172 valence electrons. The molecule has 2 fully saturated rings. The van der Waals surface area contributed by atoms with E-state index in [2.05, 4.69) is 38.7 Å². The van der Waals surface area contributed by atoms with Crippen LogP contribution < -0.4 is 15.4 Å². The van der Waals surface area contributed by atoms with Gasteiger partial charge < -0.3 is 10.1 Å². The van der Waals surface area contributed by atoms with Crippen molar-refractivity contribution in [3.05, 3.63) is 65.6 Å². The average molecular weight is 446 g/mol. The zero-order chi connectivity index (χ0) is 22.8. The largest absolute Gasteiger partial charge is 0.494 e. The lowest BCUT2D eigenvalue weighted by Crippen LogP contribution is -2.54. The number of pyridine rings is 2. The van der Waals surface area contributed by atoms with Crippen molar-refractivity contribution in [1.29, 1.82) is 0 Å². The van der Waals surface area contributed by atoms with Crippen LogP contribution in [0.4, 0.5) is 0 Å². The lowest BCUT2D eigenvalue weighted by Gasteiger charge is -2.33. The maximum atomic E-state index is 12.5. The van der Waals surface area contributed by atoms with E-state index in [1.165, 1.54) is 12.8 Å². The monoisotopic (exact) mass is 445 g/mol. The summed E-state index contributed by atoms with van der Waals surface area (Å²) >= 11 is 0. The molecule has 5 rings (SSSR count). The maximum Gasteiger partial charge on any atom is 0.253 e. The van der Waals surface area contributed by atoms with Gasteiger partial charge in [-0.3, -0.25) is 20.0 Å². The van der Waals surface area contributed by atoms with E-state index in [1.807, 2.05) is 25.1 Å². The molecule has 7 heteroatoms. The molecule has 0 spiro atoms. The van der Waals surface area contributed by atoms with Crippen LogP contribution in [-0.2, 0) is 6.54 Å². The van der Waals surface area contributed by atoms with E-state index in [0.29, 0.717) is 18.3 Å². The third-order valence-electron chi connectivity index (χ3n) is 7.18. The molecule has 3 aromatic rings. The molecular weight excluding hydrogens is 414 g/mol. The molecule has 2 aliphatic rings. The van der Waals surface area contributed by atoms with Crippen LogP contribution in [0.2, 0.25) is 0 Å². The highest BCUT2D eigenvalue weighted by molar-refractivity contribution is 5.93. The zero-order valence-electron chi connectivity index (χ0n) is 19.3. The molecule has 3 heterocycles. The predicted octanol–water partition coefficient (Wildman–Crippen LogP) is 3.42. The fraction of sp³-hybridized carbons (Fsp3) is 0.423. The van der Waals surface area contributed by atoms with Gasteiger partial charge in [-0.1, -0.05) is 18.2 Å². The van der Waals surface area contributed by atoms with Gasteiger partial charge in [0.15, 0.2) is 0 Å². The number of hydrogen-bond acceptors (Lipinski definition) is 6. The Kier molecular flexibility index (Phi) is 6.00. The molecule has 1 saturated heterocycles. The summed E-state index contributed by atoms with van der Waals surface area (Å²) in [6, 6.07) is 12.6. The van der Waals surface area contributed by atoms with Crippen LogP contribution >= 0.6 is 0 Å². The topological polar surface area (TPSA) is 79.4 Å². The number of methoxy groups -OCH3 is 1. The highest BCUT2D eigenvalue weighted by Crippen LogP contribution is 2.42. The molecule has 0 radical (unpaired) electrons. The second-order valence-electron chi connectivity index (χ2n) is 9.23. The fourth-order valence-electron chi connectivity index (χ4n) is 5.56. The Bertz CT molecular complexity index is 1170. The van der Waals surface area contributed by atoms with Crippen LogP contribution in [0.25, 0.3) is 10.9 Å². The van der Waals surface area contributed by atoms with Crippen LogP contribution in [0.15, 0.2) is 48.8 Å². The van der Waals surface area contributed by atoms with Crippen molar-refractivity contribution in [2.45, 2.75) is 50.7 Å². The van der Waals surface area contributed by atoms with Crippen LogP contribution in [0, 0.1) is 6.92 Å². The zero-order valence-corrected chi connectivity index (χ0v) is 19.3. The van der Waals surface area contributed by atoms with Crippen molar-refractivity contribution >= 4 is 16.8 Å². The Morgan fingerprint density at radius 3 is 3.00 bits per heavy atom. The highest BCUT2D eigenvalue weighted by atomic mass is 16.5. The molecule has 1 amide bonds. The van der Waals surface area contributed by atoms with E-state index in [-0.39, 0.29) is 11.4 Å². The second kappa shape index (κ2) is 9.08. The number of amides is 1. The maximum absolute atomic E-state index is 12.5. The first-order chi connectivity index (χ1) is 16.1. The third kappa shape index (κ3) is 4.30. The number of likely N-dealkylation sites (tertiary alicyclic amines) is 1. The van der Waals surface area contributed by atoms with E-state index in [9.17, 15) is 4.79 Å². The first kappa shape index (κ1) is 21.8. The summed E-state index contributed by atoms with van der Waals surface area (Å²) in [4.78, 5) is 24.1. The normalized spacial score (nSPS) is 22.4. The molecule has 1 aliphatic carbocycles. The van der Waals surface area contributed by atoms with Crippen molar-refractivity contribution < 1.29 is 9.53 Å². The van der Waals surface area contributed by atoms with Gasteiger partial charge in [-0.15, -0.1) is 0 Å². The number of aromatic nitrogens is 2. The molecule has 33 heavy (non-hydrogen) atoms. The Balaban J connectivity index is 1.24. The summed E-state index contributed by atoms with van der Waals surface area (Å²) in [5.74, 6) is 0.723. The Hall–Kier alpha value is -3.03. The van der Waals surface area contributed by atoms with Crippen LogP contribution in [0.5, 0.6) is 5.75 Å². The van der Waals surface area contributed by atoms with Gasteiger partial charge in [0.2, 0.25) is 0 Å². The van der Waals surface area contributed by atoms with Gasteiger partial charge in [-0.05, 0) is 56.4 Å². The Morgan fingerprint density at radius 2 is 2.15 bits per heavy atom. The van der Waals surface area contributed by atoms with E-state index >= 15 is 0 Å². The molecule has 1 aliphatic heterocycles. The van der Waals surface area contributed by atoms with Gasteiger partial charge in [0.25, 0.3) is 5.91 Å². The minimum atomic E-state index is -0.0891. The molecule has 1 aromatic carbocycles. The number of nitrogens with zero attached hydrogens (tertiary/aromatic N) is 3. The Morgan fingerprint density at radius 1 is 1.24 bits per heavy atom. The number of carbonyl (C=O) groups is 1. The number of nitrogens with one attached hydrogen (secondary N) is 2. The highest BCUT2D eigenvalue weighted by Gasteiger charge is 2.49. The molecule has 1 saturated carbocycles. The van der Waals surface area contributed by atoms with Crippen molar-refractivity contribution in [3.8, 4) is 5.75 Å². The van der Waals surface area contributed by atoms with E-state index in [1.54, 1.807) is 19.5 Å². The van der Waals surface area contributed by atoms with Crippen molar-refractivity contribution in [3.63, 3.8) is 0 Å². The van der Waals surface area contributed by atoms with E-state index < -0.39 is 0 Å². The van der Waals surface area contributed by atoms with Gasteiger partial charge in [0, 0.05) is 42.5 Å². The SMILES string of the molecule is COc1cccc2ccc(CN3CCC4(NCNC(=O)c5cncc(C)c5)CCCC34)nc12. The Labute approximate surface area is 194 Å². The van der Waals surface area contributed by atoms with Gasteiger partial charge in [-0.25, -0.2) is 4.98 Å². The summed E-state index contributed by atoms with van der Waals surface area (Å²) in [6.07, 6.45) is 7.94. The van der Waals surface area contributed by atoms with Crippen LogP contribution in [0.3, 0.4) is 0 Å². The molecule has 2 unspecified atom stereocenters. The number of carbonyl (C=O) groups excluding carboxylic acids is 1. The van der Waals surface area contributed by atoms with Gasteiger partial charge >= 0.3 is 0 Å². The second-order valence-corrected chi connectivity index (χ2v) is 9.23. The van der Waals surface area contributed by atoms with Crippen LogP contribution in [0.1, 0.15) is 47.3 Å². The minimum absolute atomic E-state index is 0.0483. The number of rotatable bonds is 7. The summed E-state index contributed by atoms with van der Waals surface area (Å²) in [5, 5.41) is 7.82. The minimum Gasteiger partial charge on any atom is -0.494 e. The van der Waals surface area contributed by atoms with Gasteiger partial charge in [0.05, 0.1) is 25.0 Å². The lowest BCUT2D eigenvalue weighted by atomic mass is 9.93. The van der Waals surface area contributed by atoms with Gasteiger partial charge in [0.1, 0.15) is 11.3 Å². The molecule has 2 N–H and O–H groups in total. The smallest absolute Gasteiger partial charge is 0.253 e. The number of ether oxygens (including phenoxy) is 1. The summed E-state index contributed by atoms with van der Waals surface area (Å²) in [5.41, 5.74) is 3.61. The fourth-order valence-corrected chi connectivity index (χ4v) is 5.56. The predicted molar refractivity (Wildman–Crippen MR) is 128 cm³/mol. The number of hydrogen-bond donors (Lipinski definition) is 2. The van der Waals surface area contributed by atoms with E-state index in [4.69, 9.17) is 9.72 Å². The third-order valence-corrected chi connectivity index (χ3v) is 7.18. The average Bonchev–Trinajstić information content (AvgIpc) is 3.38. The van der Waals surface area contributed by atoms with Crippen molar-refractivity contribution in [2.24, 2.45) is 0 Å². The molecular formula is C26H31N5O2. The van der Waals surface area contributed by atoms with Crippen molar-refractivity contribution in [1.82, 2.24) is 25.5 Å². The quantitative estimate of drug-likeness (QED) is 0.543. The molecule has 0 bridgehead atoms. The number of aryl methyl sites for hydroxylation is 1. The molecule has 2 aromatic heterocycles. The summed E-state index contributed by atoms with van der Waals surface area (Å²) in [7, 11) is 1.69. The molecule has 2 atom stereocenters.